The van der Waals surface area contributed by atoms with E-state index in [1.54, 1.807) is 29.5 Å². The van der Waals surface area contributed by atoms with Gasteiger partial charge >= 0.3 is 0 Å². The van der Waals surface area contributed by atoms with E-state index in [0.717, 1.165) is 15.3 Å². The monoisotopic (exact) mass is 265 g/mol. The highest BCUT2D eigenvalue weighted by atomic mass is 35.5. The maximum Gasteiger partial charge on any atom is 0.196 e. The minimum Gasteiger partial charge on any atom is -0.398 e. The number of aryl methyl sites for hydroxylation is 2. The third kappa shape index (κ3) is 2.35. The molecule has 17 heavy (non-hydrogen) atoms. The molecule has 0 spiro atoms. The van der Waals surface area contributed by atoms with Gasteiger partial charge in [-0.3, -0.25) is 4.79 Å². The minimum absolute atomic E-state index is 0.0407. The van der Waals surface area contributed by atoms with Crippen molar-refractivity contribution in [2.24, 2.45) is 0 Å². The van der Waals surface area contributed by atoms with E-state index in [4.69, 9.17) is 17.3 Å². The number of halogens is 1. The first-order chi connectivity index (χ1) is 7.99. The molecule has 0 aliphatic carbocycles. The van der Waals surface area contributed by atoms with Crippen molar-refractivity contribution >= 4 is 34.4 Å². The molecular weight excluding hydrogens is 254 g/mol. The first-order valence-corrected chi connectivity index (χ1v) is 6.35. The molecule has 0 amide bonds. The van der Waals surface area contributed by atoms with Gasteiger partial charge in [0.25, 0.3) is 0 Å². The van der Waals surface area contributed by atoms with E-state index in [-0.39, 0.29) is 5.78 Å². The van der Waals surface area contributed by atoms with Crippen molar-refractivity contribution in [3.63, 3.8) is 0 Å². The normalized spacial score (nSPS) is 10.5. The molecule has 0 radical (unpaired) electrons. The van der Waals surface area contributed by atoms with Crippen molar-refractivity contribution in [1.82, 2.24) is 0 Å². The average Bonchev–Trinajstić information content (AvgIpc) is 2.57. The number of carbonyl (C=O) groups excluding carboxylic acids is 1. The fourth-order valence-electron chi connectivity index (χ4n) is 1.74. The van der Waals surface area contributed by atoms with Crippen molar-refractivity contribution in [2.75, 3.05) is 5.73 Å². The summed E-state index contributed by atoms with van der Waals surface area (Å²) in [4.78, 5) is 14.4. The lowest BCUT2D eigenvalue weighted by Gasteiger charge is -2.04. The van der Waals surface area contributed by atoms with Crippen LogP contribution in [0.1, 0.15) is 25.7 Å². The van der Waals surface area contributed by atoms with E-state index in [2.05, 4.69) is 0 Å². The third-order valence-electron chi connectivity index (χ3n) is 2.54. The second kappa shape index (κ2) is 4.51. The standard InChI is InChI=1S/C13H12ClNOS/c1-7-5-11(8(2)17-7)13(16)10-4-3-9(14)6-12(10)15/h3-6H,15H2,1-2H3. The highest BCUT2D eigenvalue weighted by Crippen LogP contribution is 2.26. The molecule has 0 aliphatic heterocycles. The van der Waals surface area contributed by atoms with E-state index in [9.17, 15) is 4.79 Å². The molecular formula is C13H12ClNOS. The van der Waals surface area contributed by atoms with Crippen LogP contribution in [0.3, 0.4) is 0 Å². The molecule has 0 fully saturated rings. The summed E-state index contributed by atoms with van der Waals surface area (Å²) in [6.07, 6.45) is 0. The van der Waals surface area contributed by atoms with Crippen LogP contribution in [0.25, 0.3) is 0 Å². The maximum atomic E-state index is 12.3. The average molecular weight is 266 g/mol. The molecule has 1 aromatic carbocycles. The Morgan fingerprint density at radius 2 is 1.94 bits per heavy atom. The van der Waals surface area contributed by atoms with Crippen LogP contribution >= 0.6 is 22.9 Å². The summed E-state index contributed by atoms with van der Waals surface area (Å²) in [5.74, 6) is -0.0407. The van der Waals surface area contributed by atoms with Crippen LogP contribution in [0.4, 0.5) is 5.69 Å². The lowest BCUT2D eigenvalue weighted by molar-refractivity contribution is 0.103. The summed E-state index contributed by atoms with van der Waals surface area (Å²) in [6.45, 7) is 3.93. The number of nitrogen functional groups attached to an aromatic ring is 1. The Balaban J connectivity index is 2.47. The number of nitrogens with two attached hydrogens (primary N) is 1. The van der Waals surface area contributed by atoms with Gasteiger partial charge in [-0.2, -0.15) is 0 Å². The van der Waals surface area contributed by atoms with Crippen LogP contribution in [0.5, 0.6) is 0 Å². The summed E-state index contributed by atoms with van der Waals surface area (Å²) in [7, 11) is 0. The predicted octanol–water partition coefficient (Wildman–Crippen LogP) is 3.83. The minimum atomic E-state index is -0.0407. The number of anilines is 1. The van der Waals surface area contributed by atoms with Crippen LogP contribution in [0, 0.1) is 13.8 Å². The number of hydrogen-bond acceptors (Lipinski definition) is 3. The van der Waals surface area contributed by atoms with Gasteiger partial charge in [-0.05, 0) is 38.1 Å². The zero-order valence-corrected chi connectivity index (χ0v) is 11.2. The topological polar surface area (TPSA) is 43.1 Å². The van der Waals surface area contributed by atoms with E-state index in [0.29, 0.717) is 16.3 Å². The molecule has 1 heterocycles. The van der Waals surface area contributed by atoms with Crippen LogP contribution in [0.15, 0.2) is 24.3 Å². The Labute approximate surface area is 109 Å². The molecule has 2 nitrogen and oxygen atoms in total. The van der Waals surface area contributed by atoms with Crippen LogP contribution < -0.4 is 5.73 Å². The quantitative estimate of drug-likeness (QED) is 0.662. The molecule has 1 aromatic heterocycles. The van der Waals surface area contributed by atoms with Crippen molar-refractivity contribution < 1.29 is 4.79 Å². The molecule has 0 unspecified atom stereocenters. The smallest absolute Gasteiger partial charge is 0.196 e. The van der Waals surface area contributed by atoms with Crippen molar-refractivity contribution in [3.05, 3.63) is 50.2 Å². The predicted molar refractivity (Wildman–Crippen MR) is 73.1 cm³/mol. The Bertz CT molecular complexity index is 589. The van der Waals surface area contributed by atoms with Crippen molar-refractivity contribution in [1.29, 1.82) is 0 Å². The molecule has 0 saturated carbocycles. The van der Waals surface area contributed by atoms with Gasteiger partial charge in [0.2, 0.25) is 0 Å². The van der Waals surface area contributed by atoms with Crippen LogP contribution in [-0.4, -0.2) is 5.78 Å². The number of benzene rings is 1. The van der Waals surface area contributed by atoms with Gasteiger partial charge in [0, 0.05) is 31.6 Å². The molecule has 4 heteroatoms. The Hall–Kier alpha value is -1.32. The van der Waals surface area contributed by atoms with E-state index < -0.39 is 0 Å². The second-order valence-electron chi connectivity index (χ2n) is 3.89. The second-order valence-corrected chi connectivity index (χ2v) is 5.78. The highest BCUT2D eigenvalue weighted by molar-refractivity contribution is 7.12. The van der Waals surface area contributed by atoms with Gasteiger partial charge in [-0.1, -0.05) is 11.6 Å². The number of rotatable bonds is 2. The summed E-state index contributed by atoms with van der Waals surface area (Å²) in [6, 6.07) is 6.85. The van der Waals surface area contributed by atoms with Gasteiger partial charge in [0.1, 0.15) is 0 Å². The SMILES string of the molecule is Cc1cc(C(=O)c2ccc(Cl)cc2N)c(C)s1. The lowest BCUT2D eigenvalue weighted by atomic mass is 10.0. The molecule has 0 bridgehead atoms. The molecule has 0 saturated heterocycles. The molecule has 2 aromatic rings. The first-order valence-electron chi connectivity index (χ1n) is 5.16. The summed E-state index contributed by atoms with van der Waals surface area (Å²) in [5, 5.41) is 0.539. The molecule has 0 aliphatic rings. The highest BCUT2D eigenvalue weighted by Gasteiger charge is 2.16. The Morgan fingerprint density at radius 3 is 2.47 bits per heavy atom. The van der Waals surface area contributed by atoms with Gasteiger partial charge < -0.3 is 5.73 Å². The summed E-state index contributed by atoms with van der Waals surface area (Å²) >= 11 is 7.43. The summed E-state index contributed by atoms with van der Waals surface area (Å²) in [5.41, 5.74) is 7.47. The molecule has 2 rings (SSSR count). The van der Waals surface area contributed by atoms with Crippen LogP contribution in [0.2, 0.25) is 5.02 Å². The number of hydrogen-bond donors (Lipinski definition) is 1. The number of carbonyl (C=O) groups is 1. The fourth-order valence-corrected chi connectivity index (χ4v) is 2.84. The molecule has 0 atom stereocenters. The molecule has 88 valence electrons. The maximum absolute atomic E-state index is 12.3. The van der Waals surface area contributed by atoms with Gasteiger partial charge in [-0.25, -0.2) is 0 Å². The van der Waals surface area contributed by atoms with E-state index >= 15 is 0 Å². The van der Waals surface area contributed by atoms with E-state index in [1.165, 1.54) is 0 Å². The molecule has 2 N–H and O–H groups in total. The van der Waals surface area contributed by atoms with Gasteiger partial charge in [0.05, 0.1) is 0 Å². The Morgan fingerprint density at radius 1 is 1.24 bits per heavy atom. The fraction of sp³-hybridized carbons (Fsp3) is 0.154. The third-order valence-corrected chi connectivity index (χ3v) is 3.74. The number of thiophene rings is 1. The van der Waals surface area contributed by atoms with Crippen molar-refractivity contribution in [3.8, 4) is 0 Å². The van der Waals surface area contributed by atoms with Gasteiger partial charge in [0.15, 0.2) is 5.78 Å². The van der Waals surface area contributed by atoms with Crippen LogP contribution in [-0.2, 0) is 0 Å². The summed E-state index contributed by atoms with van der Waals surface area (Å²) < 4.78 is 0. The van der Waals surface area contributed by atoms with Crippen molar-refractivity contribution in [2.45, 2.75) is 13.8 Å². The Kier molecular flexibility index (Phi) is 3.22. The first kappa shape index (κ1) is 12.1. The zero-order chi connectivity index (χ0) is 12.6. The number of ketones is 1. The largest absolute Gasteiger partial charge is 0.398 e. The lowest BCUT2D eigenvalue weighted by Crippen LogP contribution is -2.05. The van der Waals surface area contributed by atoms with Gasteiger partial charge in [-0.15, -0.1) is 11.3 Å². The van der Waals surface area contributed by atoms with E-state index in [1.807, 2.05) is 19.9 Å². The zero-order valence-electron chi connectivity index (χ0n) is 9.58.